The van der Waals surface area contributed by atoms with Gasteiger partial charge in [-0.1, -0.05) is 22.0 Å². The monoisotopic (exact) mass is 308 g/mol. The summed E-state index contributed by atoms with van der Waals surface area (Å²) >= 11 is 3.42. The number of nitrogens with one attached hydrogen (secondary N) is 1. The lowest BCUT2D eigenvalue weighted by Crippen LogP contribution is -2.46. The molecule has 0 bridgehead atoms. The maximum Gasteiger partial charge on any atom is 0.253 e. The van der Waals surface area contributed by atoms with E-state index in [1.807, 2.05) is 29.2 Å². The summed E-state index contributed by atoms with van der Waals surface area (Å²) in [7, 11) is 0. The number of benzene rings is 1. The lowest BCUT2D eigenvalue weighted by Gasteiger charge is -2.35. The minimum absolute atomic E-state index is 0.168. The fraction of sp³-hybridized carbons (Fsp3) is 0.500. The standard InChI is InChI=1S/C14H17BrN2O/c15-12-3-1-2-10(8-12)14(18)17-7-5-13-11(9-17)4-6-16-13/h1-3,8,11,13,16H,4-7,9H2/t11-,13+/m0/s1. The first-order valence-electron chi connectivity index (χ1n) is 6.52. The van der Waals surface area contributed by atoms with Crippen molar-refractivity contribution in [2.75, 3.05) is 19.6 Å². The van der Waals surface area contributed by atoms with Crippen LogP contribution in [0.1, 0.15) is 23.2 Å². The Kier molecular flexibility index (Phi) is 3.39. The smallest absolute Gasteiger partial charge is 0.253 e. The first-order chi connectivity index (χ1) is 8.74. The van der Waals surface area contributed by atoms with Crippen LogP contribution in [0.25, 0.3) is 0 Å². The molecule has 2 heterocycles. The molecule has 0 aromatic heterocycles. The Labute approximate surface area is 116 Å². The van der Waals surface area contributed by atoms with Gasteiger partial charge in [0.15, 0.2) is 0 Å². The Hall–Kier alpha value is -0.870. The van der Waals surface area contributed by atoms with E-state index in [9.17, 15) is 4.79 Å². The van der Waals surface area contributed by atoms with Crippen molar-refractivity contribution >= 4 is 21.8 Å². The summed E-state index contributed by atoms with van der Waals surface area (Å²) in [5.74, 6) is 0.816. The normalized spacial score (nSPS) is 27.1. The molecule has 0 unspecified atom stereocenters. The molecule has 0 saturated carbocycles. The van der Waals surface area contributed by atoms with Gasteiger partial charge in [-0.25, -0.2) is 0 Å². The highest BCUT2D eigenvalue weighted by Gasteiger charge is 2.34. The van der Waals surface area contributed by atoms with Gasteiger partial charge < -0.3 is 10.2 Å². The Bertz CT molecular complexity index is 463. The predicted octanol–water partition coefficient (Wildman–Crippen LogP) is 2.27. The third-order valence-electron chi connectivity index (χ3n) is 4.01. The van der Waals surface area contributed by atoms with E-state index in [4.69, 9.17) is 0 Å². The van der Waals surface area contributed by atoms with E-state index in [-0.39, 0.29) is 5.91 Å². The second-order valence-electron chi connectivity index (χ2n) is 5.16. The molecule has 0 spiro atoms. The molecule has 18 heavy (non-hydrogen) atoms. The number of hydrogen-bond acceptors (Lipinski definition) is 2. The molecule has 1 aromatic rings. The molecule has 2 fully saturated rings. The number of carbonyl (C=O) groups excluding carboxylic acids is 1. The van der Waals surface area contributed by atoms with E-state index in [1.165, 1.54) is 6.42 Å². The van der Waals surface area contributed by atoms with Gasteiger partial charge in [-0.2, -0.15) is 0 Å². The van der Waals surface area contributed by atoms with Crippen molar-refractivity contribution in [2.24, 2.45) is 5.92 Å². The van der Waals surface area contributed by atoms with Gasteiger partial charge in [-0.3, -0.25) is 4.79 Å². The number of piperidine rings is 1. The molecule has 0 aliphatic carbocycles. The zero-order chi connectivity index (χ0) is 12.5. The minimum atomic E-state index is 0.168. The third kappa shape index (κ3) is 2.31. The molecule has 96 valence electrons. The zero-order valence-electron chi connectivity index (χ0n) is 10.2. The van der Waals surface area contributed by atoms with E-state index in [1.54, 1.807) is 0 Å². The second kappa shape index (κ2) is 5.02. The lowest BCUT2D eigenvalue weighted by molar-refractivity contribution is 0.0662. The maximum absolute atomic E-state index is 12.4. The Morgan fingerprint density at radius 2 is 2.28 bits per heavy atom. The van der Waals surface area contributed by atoms with Gasteiger partial charge in [0.2, 0.25) is 0 Å². The zero-order valence-corrected chi connectivity index (χ0v) is 11.8. The third-order valence-corrected chi connectivity index (χ3v) is 4.51. The Morgan fingerprint density at radius 1 is 1.39 bits per heavy atom. The number of carbonyl (C=O) groups is 1. The minimum Gasteiger partial charge on any atom is -0.338 e. The van der Waals surface area contributed by atoms with Gasteiger partial charge in [0, 0.05) is 29.2 Å². The summed E-state index contributed by atoms with van der Waals surface area (Å²) in [6.45, 7) is 2.89. The number of fused-ring (bicyclic) bond motifs is 1. The fourth-order valence-electron chi connectivity index (χ4n) is 3.04. The maximum atomic E-state index is 12.4. The highest BCUT2D eigenvalue weighted by atomic mass is 79.9. The average molecular weight is 309 g/mol. The summed E-state index contributed by atoms with van der Waals surface area (Å²) in [5.41, 5.74) is 0.786. The first-order valence-corrected chi connectivity index (χ1v) is 7.31. The van der Waals surface area contributed by atoms with E-state index in [0.29, 0.717) is 12.0 Å². The van der Waals surface area contributed by atoms with Crippen LogP contribution in [0.4, 0.5) is 0 Å². The highest BCUT2D eigenvalue weighted by Crippen LogP contribution is 2.25. The summed E-state index contributed by atoms with van der Waals surface area (Å²) in [4.78, 5) is 14.4. The lowest BCUT2D eigenvalue weighted by atomic mass is 9.93. The van der Waals surface area contributed by atoms with Gasteiger partial charge in [0.25, 0.3) is 5.91 Å². The molecule has 2 aliphatic heterocycles. The quantitative estimate of drug-likeness (QED) is 0.863. The molecule has 4 heteroatoms. The van der Waals surface area contributed by atoms with Crippen LogP contribution in [0.3, 0.4) is 0 Å². The fourth-order valence-corrected chi connectivity index (χ4v) is 3.44. The van der Waals surface area contributed by atoms with Gasteiger partial charge in [-0.05, 0) is 43.5 Å². The van der Waals surface area contributed by atoms with Crippen molar-refractivity contribution in [2.45, 2.75) is 18.9 Å². The van der Waals surface area contributed by atoms with Crippen LogP contribution >= 0.6 is 15.9 Å². The Balaban J connectivity index is 1.73. The number of likely N-dealkylation sites (tertiary alicyclic amines) is 1. The molecule has 3 rings (SSSR count). The molecule has 0 radical (unpaired) electrons. The van der Waals surface area contributed by atoms with Gasteiger partial charge >= 0.3 is 0 Å². The summed E-state index contributed by atoms with van der Waals surface area (Å²) < 4.78 is 0.964. The van der Waals surface area contributed by atoms with Crippen molar-refractivity contribution in [3.05, 3.63) is 34.3 Å². The van der Waals surface area contributed by atoms with Gasteiger partial charge in [0.05, 0.1) is 0 Å². The Morgan fingerprint density at radius 3 is 3.11 bits per heavy atom. The van der Waals surface area contributed by atoms with Crippen molar-refractivity contribution in [1.29, 1.82) is 0 Å². The van der Waals surface area contributed by atoms with Crippen molar-refractivity contribution in [3.8, 4) is 0 Å². The SMILES string of the molecule is O=C(c1cccc(Br)c1)N1CC[C@H]2NCC[C@H]2C1. The second-order valence-corrected chi connectivity index (χ2v) is 6.08. The summed E-state index contributed by atoms with van der Waals surface area (Å²) in [6.07, 6.45) is 2.29. The molecule has 2 atom stereocenters. The number of amides is 1. The molecule has 2 saturated heterocycles. The first kappa shape index (κ1) is 12.2. The van der Waals surface area contributed by atoms with Crippen molar-refractivity contribution in [3.63, 3.8) is 0 Å². The number of halogens is 1. The van der Waals surface area contributed by atoms with Crippen LogP contribution in [0, 0.1) is 5.92 Å². The van der Waals surface area contributed by atoms with Crippen LogP contribution < -0.4 is 5.32 Å². The van der Waals surface area contributed by atoms with Crippen LogP contribution in [0.5, 0.6) is 0 Å². The van der Waals surface area contributed by atoms with Crippen molar-refractivity contribution in [1.82, 2.24) is 10.2 Å². The van der Waals surface area contributed by atoms with Gasteiger partial charge in [-0.15, -0.1) is 0 Å². The number of rotatable bonds is 1. The molecule has 1 aromatic carbocycles. The molecule has 3 nitrogen and oxygen atoms in total. The van der Waals surface area contributed by atoms with E-state index in [0.717, 1.165) is 36.1 Å². The van der Waals surface area contributed by atoms with Crippen LogP contribution in [0.15, 0.2) is 28.7 Å². The van der Waals surface area contributed by atoms with E-state index >= 15 is 0 Å². The molecule has 2 aliphatic rings. The summed E-state index contributed by atoms with van der Waals surface area (Å²) in [6, 6.07) is 8.30. The van der Waals surface area contributed by atoms with Crippen LogP contribution in [-0.4, -0.2) is 36.5 Å². The average Bonchev–Trinajstić information content (AvgIpc) is 2.85. The van der Waals surface area contributed by atoms with Crippen LogP contribution in [-0.2, 0) is 0 Å². The molecule has 1 amide bonds. The molecule has 1 N–H and O–H groups in total. The van der Waals surface area contributed by atoms with E-state index < -0.39 is 0 Å². The predicted molar refractivity (Wildman–Crippen MR) is 74.6 cm³/mol. The highest BCUT2D eigenvalue weighted by molar-refractivity contribution is 9.10. The molecular formula is C14H17BrN2O. The largest absolute Gasteiger partial charge is 0.338 e. The van der Waals surface area contributed by atoms with Crippen molar-refractivity contribution < 1.29 is 4.79 Å². The van der Waals surface area contributed by atoms with E-state index in [2.05, 4.69) is 21.2 Å². The number of hydrogen-bond donors (Lipinski definition) is 1. The van der Waals surface area contributed by atoms with Crippen LogP contribution in [0.2, 0.25) is 0 Å². The summed E-state index contributed by atoms with van der Waals surface area (Å²) in [5, 5.41) is 3.52. The molecular weight excluding hydrogens is 292 g/mol. The number of nitrogens with zero attached hydrogens (tertiary/aromatic N) is 1. The topological polar surface area (TPSA) is 32.3 Å². The van der Waals surface area contributed by atoms with Gasteiger partial charge in [0.1, 0.15) is 0 Å².